The van der Waals surface area contributed by atoms with Crippen LogP contribution in [0.4, 0.5) is 4.39 Å². The number of hydrogen-bond acceptors (Lipinski definition) is 4. The number of sulfonamides is 1. The van der Waals surface area contributed by atoms with Crippen LogP contribution in [0.5, 0.6) is 0 Å². The number of ether oxygens (including phenoxy) is 1. The number of carbonyl (C=O) groups is 1. The Morgan fingerprint density at radius 2 is 2.05 bits per heavy atom. The Balaban J connectivity index is 2.77. The van der Waals surface area contributed by atoms with Crippen LogP contribution < -0.4 is 5.14 Å². The summed E-state index contributed by atoms with van der Waals surface area (Å²) in [6, 6.07) is 2.76. The Labute approximate surface area is 118 Å². The number of halogens is 1. The van der Waals surface area contributed by atoms with E-state index in [0.717, 1.165) is 24.6 Å². The molecule has 20 heavy (non-hydrogen) atoms. The van der Waals surface area contributed by atoms with Crippen molar-refractivity contribution in [3.8, 4) is 0 Å². The van der Waals surface area contributed by atoms with Gasteiger partial charge in [0.2, 0.25) is 10.0 Å². The van der Waals surface area contributed by atoms with Gasteiger partial charge in [-0.3, -0.25) is 0 Å². The second-order valence-corrected chi connectivity index (χ2v) is 6.42. The SMILES string of the molecule is CC(C)CCCOC(=O)c1cc(S(N)(=O)=O)ccc1F. The Hall–Kier alpha value is -1.47. The summed E-state index contributed by atoms with van der Waals surface area (Å²) in [5.74, 6) is -1.25. The van der Waals surface area contributed by atoms with Gasteiger partial charge in [0.15, 0.2) is 0 Å². The first-order valence-electron chi connectivity index (χ1n) is 6.21. The minimum Gasteiger partial charge on any atom is -0.462 e. The molecule has 0 heterocycles. The van der Waals surface area contributed by atoms with Crippen molar-refractivity contribution in [1.82, 2.24) is 0 Å². The Morgan fingerprint density at radius 1 is 1.40 bits per heavy atom. The lowest BCUT2D eigenvalue weighted by atomic mass is 10.1. The molecule has 1 rings (SSSR count). The summed E-state index contributed by atoms with van der Waals surface area (Å²) in [4.78, 5) is 11.4. The van der Waals surface area contributed by atoms with Crippen molar-refractivity contribution in [2.24, 2.45) is 11.1 Å². The van der Waals surface area contributed by atoms with Crippen molar-refractivity contribution in [3.63, 3.8) is 0 Å². The standard InChI is InChI=1S/C13H18FNO4S/c1-9(2)4-3-7-19-13(16)11-8-10(20(15,17)18)5-6-12(11)14/h5-6,8-9H,3-4,7H2,1-2H3,(H2,15,17,18). The van der Waals surface area contributed by atoms with E-state index >= 15 is 0 Å². The molecule has 0 saturated carbocycles. The molecule has 7 heteroatoms. The predicted octanol–water partition coefficient (Wildman–Crippen LogP) is 2.07. The Morgan fingerprint density at radius 3 is 2.60 bits per heavy atom. The van der Waals surface area contributed by atoms with Crippen molar-refractivity contribution in [2.75, 3.05) is 6.61 Å². The third-order valence-corrected chi connectivity index (χ3v) is 3.56. The second kappa shape index (κ2) is 6.81. The molecule has 0 fully saturated rings. The van der Waals surface area contributed by atoms with Crippen LogP contribution in [0, 0.1) is 11.7 Å². The zero-order chi connectivity index (χ0) is 15.3. The minimum atomic E-state index is -3.99. The molecule has 2 N–H and O–H groups in total. The van der Waals surface area contributed by atoms with Crippen molar-refractivity contribution in [1.29, 1.82) is 0 Å². The third kappa shape index (κ3) is 4.90. The molecule has 0 saturated heterocycles. The topological polar surface area (TPSA) is 86.5 Å². The van der Waals surface area contributed by atoms with Crippen LogP contribution in [-0.2, 0) is 14.8 Å². The molecule has 0 aliphatic rings. The summed E-state index contributed by atoms with van der Waals surface area (Å²) in [6.07, 6.45) is 1.55. The third-order valence-electron chi connectivity index (χ3n) is 2.65. The molecule has 112 valence electrons. The lowest BCUT2D eigenvalue weighted by molar-refractivity contribution is 0.0489. The van der Waals surface area contributed by atoms with Gasteiger partial charge in [-0.1, -0.05) is 13.8 Å². The van der Waals surface area contributed by atoms with E-state index in [0.29, 0.717) is 12.3 Å². The Bertz CT molecular complexity index is 584. The fourth-order valence-electron chi connectivity index (χ4n) is 1.57. The van der Waals surface area contributed by atoms with Gasteiger partial charge in [-0.05, 0) is 37.0 Å². The van der Waals surface area contributed by atoms with Gasteiger partial charge in [-0.15, -0.1) is 0 Å². The first-order valence-corrected chi connectivity index (χ1v) is 7.76. The predicted molar refractivity (Wildman–Crippen MR) is 72.1 cm³/mol. The van der Waals surface area contributed by atoms with Crippen LogP contribution in [0.1, 0.15) is 37.0 Å². The van der Waals surface area contributed by atoms with Gasteiger partial charge in [0.1, 0.15) is 5.82 Å². The maximum atomic E-state index is 13.5. The van der Waals surface area contributed by atoms with Crippen LogP contribution in [0.25, 0.3) is 0 Å². The molecular weight excluding hydrogens is 285 g/mol. The summed E-state index contributed by atoms with van der Waals surface area (Å²) in [7, 11) is -3.99. The van der Waals surface area contributed by atoms with Gasteiger partial charge in [0.25, 0.3) is 0 Å². The van der Waals surface area contributed by atoms with Gasteiger partial charge in [0, 0.05) is 0 Å². The van der Waals surface area contributed by atoms with E-state index in [1.807, 2.05) is 13.8 Å². The number of rotatable bonds is 6. The fraction of sp³-hybridized carbons (Fsp3) is 0.462. The molecule has 1 aromatic carbocycles. The van der Waals surface area contributed by atoms with E-state index in [-0.39, 0.29) is 11.5 Å². The number of carbonyl (C=O) groups excluding carboxylic acids is 1. The summed E-state index contributed by atoms with van der Waals surface area (Å²) in [6.45, 7) is 4.24. The molecule has 5 nitrogen and oxygen atoms in total. The number of esters is 1. The highest BCUT2D eigenvalue weighted by Gasteiger charge is 2.17. The quantitative estimate of drug-likeness (QED) is 0.644. The molecule has 0 aromatic heterocycles. The van der Waals surface area contributed by atoms with Gasteiger partial charge >= 0.3 is 5.97 Å². The zero-order valence-corrected chi connectivity index (χ0v) is 12.2. The van der Waals surface area contributed by atoms with Crippen LogP contribution in [0.3, 0.4) is 0 Å². The molecule has 1 aromatic rings. The molecule has 0 amide bonds. The number of primary sulfonamides is 1. The van der Waals surface area contributed by atoms with Crippen molar-refractivity contribution in [3.05, 3.63) is 29.6 Å². The maximum absolute atomic E-state index is 13.5. The van der Waals surface area contributed by atoms with E-state index in [4.69, 9.17) is 9.88 Å². The van der Waals surface area contributed by atoms with Crippen LogP contribution >= 0.6 is 0 Å². The summed E-state index contributed by atoms with van der Waals surface area (Å²) < 4.78 is 40.7. The lowest BCUT2D eigenvalue weighted by Crippen LogP contribution is -2.15. The van der Waals surface area contributed by atoms with Crippen LogP contribution in [-0.4, -0.2) is 21.0 Å². The van der Waals surface area contributed by atoms with E-state index in [9.17, 15) is 17.6 Å². The smallest absolute Gasteiger partial charge is 0.341 e. The van der Waals surface area contributed by atoms with Crippen molar-refractivity contribution >= 4 is 16.0 Å². The summed E-state index contributed by atoms with van der Waals surface area (Å²) in [5, 5.41) is 4.93. The number of benzene rings is 1. The minimum absolute atomic E-state index is 0.163. The second-order valence-electron chi connectivity index (χ2n) is 4.86. The molecule has 0 unspecified atom stereocenters. The first-order chi connectivity index (χ1) is 9.21. The van der Waals surface area contributed by atoms with Gasteiger partial charge < -0.3 is 4.74 Å². The van der Waals surface area contributed by atoms with E-state index in [1.165, 1.54) is 0 Å². The summed E-state index contributed by atoms with van der Waals surface area (Å²) >= 11 is 0. The Kier molecular flexibility index (Phi) is 5.64. The van der Waals surface area contributed by atoms with Crippen LogP contribution in [0.15, 0.2) is 23.1 Å². The van der Waals surface area contributed by atoms with Gasteiger partial charge in [0.05, 0.1) is 17.1 Å². The molecule has 0 aliphatic heterocycles. The molecule has 0 radical (unpaired) electrons. The van der Waals surface area contributed by atoms with Gasteiger partial charge in [-0.2, -0.15) is 0 Å². The van der Waals surface area contributed by atoms with Crippen molar-refractivity contribution < 1.29 is 22.3 Å². The molecule has 0 bridgehead atoms. The van der Waals surface area contributed by atoms with E-state index < -0.39 is 27.4 Å². The maximum Gasteiger partial charge on any atom is 0.341 e. The first kappa shape index (κ1) is 16.6. The average Bonchev–Trinajstić information content (AvgIpc) is 2.33. The highest BCUT2D eigenvalue weighted by molar-refractivity contribution is 7.89. The molecular formula is C13H18FNO4S. The molecule has 0 aliphatic carbocycles. The monoisotopic (exact) mass is 303 g/mol. The van der Waals surface area contributed by atoms with Gasteiger partial charge in [-0.25, -0.2) is 22.7 Å². The zero-order valence-electron chi connectivity index (χ0n) is 11.4. The average molecular weight is 303 g/mol. The highest BCUT2D eigenvalue weighted by atomic mass is 32.2. The van der Waals surface area contributed by atoms with E-state index in [1.54, 1.807) is 0 Å². The van der Waals surface area contributed by atoms with Crippen molar-refractivity contribution in [2.45, 2.75) is 31.6 Å². The number of nitrogens with two attached hydrogens (primary N) is 1. The largest absolute Gasteiger partial charge is 0.462 e. The van der Waals surface area contributed by atoms with Crippen LogP contribution in [0.2, 0.25) is 0 Å². The summed E-state index contributed by atoms with van der Waals surface area (Å²) in [5.41, 5.74) is -0.430. The fourth-order valence-corrected chi connectivity index (χ4v) is 2.11. The highest BCUT2D eigenvalue weighted by Crippen LogP contribution is 2.15. The normalized spacial score (nSPS) is 11.7. The lowest BCUT2D eigenvalue weighted by Gasteiger charge is -2.08. The molecule has 0 atom stereocenters. The molecule has 0 spiro atoms. The van der Waals surface area contributed by atoms with E-state index in [2.05, 4.69) is 0 Å². The number of hydrogen-bond donors (Lipinski definition) is 1.